The van der Waals surface area contributed by atoms with Crippen LogP contribution >= 0.6 is 0 Å². The smallest absolute Gasteiger partial charge is 0.319 e. The number of urea groups is 1. The lowest BCUT2D eigenvalue weighted by atomic mass is 10.1. The fraction of sp³-hybridized carbons (Fsp3) is 0.467. The Balaban J connectivity index is 2.65. The van der Waals surface area contributed by atoms with Crippen LogP contribution in [0.3, 0.4) is 0 Å². The van der Waals surface area contributed by atoms with Gasteiger partial charge in [0.25, 0.3) is 0 Å². The zero-order chi connectivity index (χ0) is 15.1. The summed E-state index contributed by atoms with van der Waals surface area (Å²) in [5.74, 6) is 0.234. The molecule has 0 heterocycles. The summed E-state index contributed by atoms with van der Waals surface area (Å²) in [7, 11) is 1.60. The largest absolute Gasteiger partial charge is 0.383 e. The van der Waals surface area contributed by atoms with Gasteiger partial charge in [-0.3, -0.25) is 4.79 Å². The molecule has 20 heavy (non-hydrogen) atoms. The highest BCUT2D eigenvalue weighted by Gasteiger charge is 2.16. The van der Waals surface area contributed by atoms with E-state index in [0.29, 0.717) is 17.9 Å². The van der Waals surface area contributed by atoms with E-state index in [1.165, 1.54) is 6.92 Å². The van der Waals surface area contributed by atoms with E-state index in [0.717, 1.165) is 0 Å². The van der Waals surface area contributed by atoms with Crippen LogP contribution in [0.5, 0.6) is 0 Å². The van der Waals surface area contributed by atoms with E-state index in [1.807, 2.05) is 13.8 Å². The van der Waals surface area contributed by atoms with Crippen molar-refractivity contribution >= 4 is 17.5 Å². The van der Waals surface area contributed by atoms with Gasteiger partial charge in [-0.2, -0.15) is 0 Å². The molecule has 0 saturated heterocycles. The fourth-order valence-electron chi connectivity index (χ4n) is 1.73. The minimum atomic E-state index is -0.304. The average Bonchev–Trinajstić information content (AvgIpc) is 2.38. The molecule has 5 nitrogen and oxygen atoms in total. The van der Waals surface area contributed by atoms with E-state index >= 15 is 0 Å². The van der Waals surface area contributed by atoms with Crippen LogP contribution in [-0.2, 0) is 4.74 Å². The fourth-order valence-corrected chi connectivity index (χ4v) is 1.73. The molecule has 1 rings (SSSR count). The minimum absolute atomic E-state index is 0.0338. The lowest BCUT2D eigenvalue weighted by molar-refractivity contribution is 0.101. The molecule has 0 aromatic heterocycles. The third kappa shape index (κ3) is 5.01. The van der Waals surface area contributed by atoms with Crippen molar-refractivity contribution in [2.24, 2.45) is 5.92 Å². The van der Waals surface area contributed by atoms with Gasteiger partial charge in [0.05, 0.1) is 12.6 Å². The molecule has 1 atom stereocenters. The molecule has 2 N–H and O–H groups in total. The van der Waals surface area contributed by atoms with Crippen LogP contribution in [0, 0.1) is 5.92 Å². The van der Waals surface area contributed by atoms with Crippen molar-refractivity contribution in [1.82, 2.24) is 5.32 Å². The minimum Gasteiger partial charge on any atom is -0.383 e. The third-order valence-corrected chi connectivity index (χ3v) is 2.99. The summed E-state index contributed by atoms with van der Waals surface area (Å²) in [6.45, 7) is 5.98. The zero-order valence-electron chi connectivity index (χ0n) is 12.4. The van der Waals surface area contributed by atoms with Crippen molar-refractivity contribution in [3.05, 3.63) is 29.8 Å². The van der Waals surface area contributed by atoms with Crippen LogP contribution in [0.1, 0.15) is 31.1 Å². The van der Waals surface area contributed by atoms with E-state index in [1.54, 1.807) is 31.4 Å². The number of hydrogen-bond acceptors (Lipinski definition) is 3. The Morgan fingerprint density at radius 3 is 2.55 bits per heavy atom. The molecular weight excluding hydrogens is 256 g/mol. The first-order valence-electron chi connectivity index (χ1n) is 6.61. The normalized spacial score (nSPS) is 12.1. The Morgan fingerprint density at radius 1 is 1.30 bits per heavy atom. The van der Waals surface area contributed by atoms with Crippen LogP contribution in [0.4, 0.5) is 10.5 Å². The number of amides is 2. The molecule has 0 aliphatic carbocycles. The summed E-state index contributed by atoms with van der Waals surface area (Å²) in [5, 5.41) is 5.58. The topological polar surface area (TPSA) is 67.4 Å². The molecule has 5 heteroatoms. The maximum absolute atomic E-state index is 11.9. The van der Waals surface area contributed by atoms with Crippen molar-refractivity contribution in [2.75, 3.05) is 19.0 Å². The zero-order valence-corrected chi connectivity index (χ0v) is 12.4. The third-order valence-electron chi connectivity index (χ3n) is 2.99. The second-order valence-corrected chi connectivity index (χ2v) is 5.04. The maximum atomic E-state index is 11.9. The SMILES string of the molecule is COCC(NC(=O)Nc1cccc(C(C)=O)c1)C(C)C. The first-order chi connectivity index (χ1) is 9.43. The first-order valence-corrected chi connectivity index (χ1v) is 6.61. The standard InChI is InChI=1S/C15H22N2O3/c1-10(2)14(9-20-4)17-15(19)16-13-7-5-6-12(8-13)11(3)18/h5-8,10,14H,9H2,1-4H3,(H2,16,17,19). The molecule has 0 bridgehead atoms. The number of carbonyl (C=O) groups is 2. The maximum Gasteiger partial charge on any atom is 0.319 e. The molecule has 1 unspecified atom stereocenters. The summed E-state index contributed by atoms with van der Waals surface area (Å²) in [6.07, 6.45) is 0. The summed E-state index contributed by atoms with van der Waals surface area (Å²) in [6, 6.07) is 6.49. The average molecular weight is 278 g/mol. The molecule has 2 amide bonds. The number of ketones is 1. The molecular formula is C15H22N2O3. The number of benzene rings is 1. The number of nitrogens with one attached hydrogen (secondary N) is 2. The van der Waals surface area contributed by atoms with Gasteiger partial charge in [-0.05, 0) is 25.0 Å². The molecule has 0 aliphatic rings. The lowest BCUT2D eigenvalue weighted by Crippen LogP contribution is -2.43. The number of anilines is 1. The van der Waals surface area contributed by atoms with Crippen molar-refractivity contribution in [3.8, 4) is 0 Å². The van der Waals surface area contributed by atoms with Crippen molar-refractivity contribution in [1.29, 1.82) is 0 Å². The van der Waals surface area contributed by atoms with Gasteiger partial charge < -0.3 is 15.4 Å². The van der Waals surface area contributed by atoms with E-state index in [9.17, 15) is 9.59 Å². The highest BCUT2D eigenvalue weighted by Crippen LogP contribution is 2.11. The van der Waals surface area contributed by atoms with Gasteiger partial charge in [0.2, 0.25) is 0 Å². The van der Waals surface area contributed by atoms with Gasteiger partial charge in [0.1, 0.15) is 0 Å². The lowest BCUT2D eigenvalue weighted by Gasteiger charge is -2.21. The second-order valence-electron chi connectivity index (χ2n) is 5.04. The molecule has 0 saturated carbocycles. The molecule has 1 aromatic carbocycles. The number of Topliss-reactive ketones (excluding diaryl/α,β-unsaturated/α-hetero) is 1. The Kier molecular flexibility index (Phi) is 6.18. The summed E-state index contributed by atoms with van der Waals surface area (Å²) >= 11 is 0. The van der Waals surface area contributed by atoms with Crippen molar-refractivity contribution in [3.63, 3.8) is 0 Å². The predicted molar refractivity (Wildman–Crippen MR) is 79.1 cm³/mol. The van der Waals surface area contributed by atoms with Crippen LogP contribution in [-0.4, -0.2) is 31.6 Å². The van der Waals surface area contributed by atoms with Crippen LogP contribution in [0.25, 0.3) is 0 Å². The predicted octanol–water partition coefficient (Wildman–Crippen LogP) is 2.68. The Bertz CT molecular complexity index is 472. The van der Waals surface area contributed by atoms with Crippen LogP contribution in [0.15, 0.2) is 24.3 Å². The van der Waals surface area contributed by atoms with Gasteiger partial charge in [-0.25, -0.2) is 4.79 Å². The molecule has 0 radical (unpaired) electrons. The van der Waals surface area contributed by atoms with Gasteiger partial charge in [0.15, 0.2) is 5.78 Å². The Labute approximate surface area is 119 Å². The molecule has 110 valence electrons. The van der Waals surface area contributed by atoms with E-state index in [2.05, 4.69) is 10.6 Å². The van der Waals surface area contributed by atoms with E-state index in [-0.39, 0.29) is 23.8 Å². The molecule has 0 aliphatic heterocycles. The highest BCUT2D eigenvalue weighted by atomic mass is 16.5. The van der Waals surface area contributed by atoms with Crippen LogP contribution in [0.2, 0.25) is 0 Å². The van der Waals surface area contributed by atoms with E-state index < -0.39 is 0 Å². The first kappa shape index (κ1) is 16.2. The number of hydrogen-bond donors (Lipinski definition) is 2. The van der Waals surface area contributed by atoms with Crippen molar-refractivity contribution < 1.29 is 14.3 Å². The highest BCUT2D eigenvalue weighted by molar-refractivity contribution is 5.96. The number of carbonyl (C=O) groups excluding carboxylic acids is 2. The van der Waals surface area contributed by atoms with Gasteiger partial charge in [-0.15, -0.1) is 0 Å². The Hall–Kier alpha value is -1.88. The summed E-state index contributed by atoms with van der Waals surface area (Å²) in [4.78, 5) is 23.2. The monoisotopic (exact) mass is 278 g/mol. The van der Waals surface area contributed by atoms with Crippen LogP contribution < -0.4 is 10.6 Å². The summed E-state index contributed by atoms with van der Waals surface area (Å²) in [5.41, 5.74) is 1.16. The molecule has 0 spiro atoms. The second kappa shape index (κ2) is 7.65. The number of methoxy groups -OCH3 is 1. The molecule has 0 fully saturated rings. The van der Waals surface area contributed by atoms with Crippen molar-refractivity contribution in [2.45, 2.75) is 26.8 Å². The molecule has 1 aromatic rings. The van der Waals surface area contributed by atoms with E-state index in [4.69, 9.17) is 4.74 Å². The Morgan fingerprint density at radius 2 is 2.00 bits per heavy atom. The van der Waals surface area contributed by atoms with Gasteiger partial charge in [0, 0.05) is 18.4 Å². The van der Waals surface area contributed by atoms with Gasteiger partial charge in [-0.1, -0.05) is 26.0 Å². The quantitative estimate of drug-likeness (QED) is 0.786. The van der Waals surface area contributed by atoms with Gasteiger partial charge >= 0.3 is 6.03 Å². The number of rotatable bonds is 6. The summed E-state index contributed by atoms with van der Waals surface area (Å²) < 4.78 is 5.08. The number of ether oxygens (including phenoxy) is 1.